The van der Waals surface area contributed by atoms with Crippen molar-refractivity contribution in [2.24, 2.45) is 0 Å². The van der Waals surface area contributed by atoms with Crippen molar-refractivity contribution in [3.05, 3.63) is 71.2 Å². The van der Waals surface area contributed by atoms with Crippen LogP contribution in [0, 0.1) is 5.82 Å². The molecule has 9 heteroatoms. The van der Waals surface area contributed by atoms with Crippen molar-refractivity contribution >= 4 is 23.3 Å². The maximum Gasteiger partial charge on any atom is 0.411 e. The lowest BCUT2D eigenvalue weighted by Crippen LogP contribution is -2.46. The van der Waals surface area contributed by atoms with Crippen LogP contribution < -0.4 is 5.32 Å². The molecule has 1 saturated carbocycles. The second-order valence-corrected chi connectivity index (χ2v) is 10.5. The van der Waals surface area contributed by atoms with Crippen molar-refractivity contribution in [1.82, 2.24) is 20.2 Å². The summed E-state index contributed by atoms with van der Waals surface area (Å²) in [6.45, 7) is 3.91. The lowest BCUT2D eigenvalue weighted by Gasteiger charge is -2.38. The number of cyclic esters (lactones) is 1. The normalized spacial score (nSPS) is 23.7. The molecule has 0 bridgehead atoms. The van der Waals surface area contributed by atoms with Gasteiger partial charge in [0.2, 0.25) is 0 Å². The van der Waals surface area contributed by atoms with Crippen LogP contribution in [0.15, 0.2) is 54.2 Å². The van der Waals surface area contributed by atoms with Crippen molar-refractivity contribution < 1.29 is 18.7 Å². The molecule has 1 saturated heterocycles. The first-order chi connectivity index (χ1) is 16.8. The van der Waals surface area contributed by atoms with E-state index >= 15 is 0 Å². The first-order valence-electron chi connectivity index (χ1n) is 11.8. The zero-order valence-electron chi connectivity index (χ0n) is 19.6. The number of nitrogens with one attached hydrogen (secondary N) is 1. The average molecular weight is 495 g/mol. The van der Waals surface area contributed by atoms with Gasteiger partial charge >= 0.3 is 6.09 Å². The SMILES string of the molecule is CC1(C)OC(=O)N([C@H]2CC[C@H](NC(=O)c3csc(-c4cncc(F)c4)n3)CC2)[C@H]1c1ccccc1. The Hall–Kier alpha value is -3.33. The predicted molar refractivity (Wildman–Crippen MR) is 130 cm³/mol. The predicted octanol–water partition coefficient (Wildman–Crippen LogP) is 5.36. The smallest absolute Gasteiger partial charge is 0.411 e. The van der Waals surface area contributed by atoms with Gasteiger partial charge in [-0.15, -0.1) is 11.3 Å². The average Bonchev–Trinajstić information content (AvgIpc) is 3.42. The van der Waals surface area contributed by atoms with E-state index in [1.807, 2.05) is 49.1 Å². The van der Waals surface area contributed by atoms with E-state index in [-0.39, 0.29) is 30.1 Å². The van der Waals surface area contributed by atoms with Crippen molar-refractivity contribution in [2.75, 3.05) is 0 Å². The summed E-state index contributed by atoms with van der Waals surface area (Å²) in [5, 5.41) is 5.30. The van der Waals surface area contributed by atoms with Crippen LogP contribution in [0.3, 0.4) is 0 Å². The number of hydrogen-bond donors (Lipinski definition) is 1. The van der Waals surface area contributed by atoms with Gasteiger partial charge in [-0.05, 0) is 51.2 Å². The van der Waals surface area contributed by atoms with Crippen molar-refractivity contribution in [3.8, 4) is 10.6 Å². The fourth-order valence-corrected chi connectivity index (χ4v) is 5.91. The van der Waals surface area contributed by atoms with E-state index in [1.165, 1.54) is 23.6 Å². The Balaban J connectivity index is 1.22. The first-order valence-corrected chi connectivity index (χ1v) is 12.6. The van der Waals surface area contributed by atoms with Crippen LogP contribution in [0.1, 0.15) is 61.6 Å². The molecule has 0 spiro atoms. The Kier molecular flexibility index (Phi) is 6.27. The number of hydrogen-bond acceptors (Lipinski definition) is 6. The molecule has 0 radical (unpaired) electrons. The summed E-state index contributed by atoms with van der Waals surface area (Å²) in [6.07, 6.45) is 5.44. The summed E-state index contributed by atoms with van der Waals surface area (Å²) in [6, 6.07) is 11.2. The fraction of sp³-hybridized carbons (Fsp3) is 0.385. The van der Waals surface area contributed by atoms with Gasteiger partial charge < -0.3 is 10.1 Å². The highest BCUT2D eigenvalue weighted by Crippen LogP contribution is 2.44. The molecule has 7 nitrogen and oxygen atoms in total. The van der Waals surface area contributed by atoms with Gasteiger partial charge in [0.1, 0.15) is 22.1 Å². The maximum atomic E-state index is 13.5. The van der Waals surface area contributed by atoms with E-state index < -0.39 is 11.4 Å². The molecule has 1 N–H and O–H groups in total. The molecule has 182 valence electrons. The molecule has 2 amide bonds. The second kappa shape index (κ2) is 9.37. The molecule has 1 atom stereocenters. The number of carbonyl (C=O) groups is 2. The third-order valence-corrected chi connectivity index (χ3v) is 7.62. The molecule has 3 aromatic rings. The van der Waals surface area contributed by atoms with E-state index in [9.17, 15) is 14.0 Å². The van der Waals surface area contributed by atoms with Crippen molar-refractivity contribution in [3.63, 3.8) is 0 Å². The third kappa shape index (κ3) is 4.77. The highest BCUT2D eigenvalue weighted by molar-refractivity contribution is 7.13. The van der Waals surface area contributed by atoms with Crippen LogP contribution >= 0.6 is 11.3 Å². The van der Waals surface area contributed by atoms with Gasteiger partial charge in [0, 0.05) is 29.2 Å². The highest BCUT2D eigenvalue weighted by atomic mass is 32.1. The Bertz CT molecular complexity index is 1220. The molecular weight excluding hydrogens is 467 g/mol. The fourth-order valence-electron chi connectivity index (χ4n) is 5.13. The molecule has 1 aliphatic heterocycles. The van der Waals surface area contributed by atoms with Crippen LogP contribution in [-0.4, -0.2) is 44.6 Å². The van der Waals surface area contributed by atoms with Crippen LogP contribution in [0.5, 0.6) is 0 Å². The number of halogens is 1. The Morgan fingerprint density at radius 1 is 1.17 bits per heavy atom. The van der Waals surface area contributed by atoms with Gasteiger partial charge in [-0.3, -0.25) is 14.7 Å². The van der Waals surface area contributed by atoms with Gasteiger partial charge in [-0.25, -0.2) is 14.2 Å². The highest BCUT2D eigenvalue weighted by Gasteiger charge is 2.51. The van der Waals surface area contributed by atoms with Crippen molar-refractivity contribution in [2.45, 2.75) is 63.3 Å². The molecule has 0 unspecified atom stereocenters. The summed E-state index contributed by atoms with van der Waals surface area (Å²) >= 11 is 1.28. The van der Waals surface area contributed by atoms with Gasteiger partial charge in [-0.1, -0.05) is 30.3 Å². The summed E-state index contributed by atoms with van der Waals surface area (Å²) in [5.74, 6) is -0.690. The summed E-state index contributed by atoms with van der Waals surface area (Å²) in [5.41, 5.74) is 1.29. The first kappa shape index (κ1) is 23.4. The molecule has 2 aliphatic rings. The molecule has 1 aliphatic carbocycles. The van der Waals surface area contributed by atoms with Crippen molar-refractivity contribution in [1.29, 1.82) is 0 Å². The second-order valence-electron chi connectivity index (χ2n) is 9.60. The summed E-state index contributed by atoms with van der Waals surface area (Å²) < 4.78 is 19.2. The summed E-state index contributed by atoms with van der Waals surface area (Å²) in [7, 11) is 0. The topological polar surface area (TPSA) is 84.4 Å². The van der Waals surface area contributed by atoms with Crippen LogP contribution in [0.25, 0.3) is 10.6 Å². The zero-order chi connectivity index (χ0) is 24.6. The standard InChI is InChI=1S/C26H27FN4O3S/c1-26(2)22(16-6-4-3-5-7-16)31(25(33)34-26)20-10-8-19(9-11-20)29-23(32)21-15-35-24(30-21)17-12-18(27)14-28-13-17/h3-7,12-15,19-20,22H,8-11H2,1-2H3,(H,29,32)/t19-,20-,22-/m0/s1. The number of carbonyl (C=O) groups excluding carboxylic acids is 2. The van der Waals surface area contributed by atoms with Crippen LogP contribution in [-0.2, 0) is 4.74 Å². The van der Waals surface area contributed by atoms with Crippen LogP contribution in [0.2, 0.25) is 0 Å². The quantitative estimate of drug-likeness (QED) is 0.516. The minimum absolute atomic E-state index is 0.00143. The lowest BCUT2D eigenvalue weighted by molar-refractivity contribution is 0.0663. The minimum atomic E-state index is -0.622. The summed E-state index contributed by atoms with van der Waals surface area (Å²) in [4.78, 5) is 35.8. The number of ether oxygens (including phenoxy) is 1. The number of amides is 2. The number of benzene rings is 1. The maximum absolute atomic E-state index is 13.5. The largest absolute Gasteiger partial charge is 0.441 e. The van der Waals surface area contributed by atoms with Gasteiger partial charge in [0.05, 0.1) is 12.2 Å². The van der Waals surface area contributed by atoms with Gasteiger partial charge in [0.15, 0.2) is 0 Å². The van der Waals surface area contributed by atoms with Gasteiger partial charge in [0.25, 0.3) is 5.91 Å². The zero-order valence-corrected chi connectivity index (χ0v) is 20.4. The number of aromatic nitrogens is 2. The molecule has 35 heavy (non-hydrogen) atoms. The Labute approximate surface area is 207 Å². The van der Waals surface area contributed by atoms with E-state index in [0.717, 1.165) is 37.4 Å². The minimum Gasteiger partial charge on any atom is -0.441 e. The number of pyridine rings is 1. The lowest BCUT2D eigenvalue weighted by atomic mass is 9.86. The van der Waals surface area contributed by atoms with E-state index in [1.54, 1.807) is 5.38 Å². The van der Waals surface area contributed by atoms with E-state index in [2.05, 4.69) is 15.3 Å². The van der Waals surface area contributed by atoms with Gasteiger partial charge in [-0.2, -0.15) is 0 Å². The van der Waals surface area contributed by atoms with E-state index in [0.29, 0.717) is 16.3 Å². The molecule has 5 rings (SSSR count). The third-order valence-electron chi connectivity index (χ3n) is 6.73. The molecule has 2 fully saturated rings. The number of rotatable bonds is 5. The van der Waals surface area contributed by atoms with E-state index in [4.69, 9.17) is 4.74 Å². The molecular formula is C26H27FN4O3S. The number of nitrogens with zero attached hydrogens (tertiary/aromatic N) is 3. The molecule has 3 heterocycles. The van der Waals surface area contributed by atoms with Crippen LogP contribution in [0.4, 0.5) is 9.18 Å². The molecule has 1 aromatic carbocycles. The number of thiazole rings is 1. The Morgan fingerprint density at radius 3 is 2.63 bits per heavy atom. The molecule has 2 aromatic heterocycles. The monoisotopic (exact) mass is 494 g/mol. The Morgan fingerprint density at radius 2 is 1.91 bits per heavy atom.